The van der Waals surface area contributed by atoms with Crippen molar-refractivity contribution in [1.82, 2.24) is 0 Å². The van der Waals surface area contributed by atoms with Crippen molar-refractivity contribution in [3.8, 4) is 0 Å². The second kappa shape index (κ2) is 3.18. The van der Waals surface area contributed by atoms with Crippen LogP contribution < -0.4 is 0 Å². The van der Waals surface area contributed by atoms with Gasteiger partial charge in [-0.15, -0.1) is 0 Å². The van der Waals surface area contributed by atoms with Gasteiger partial charge in [0.1, 0.15) is 5.60 Å². The summed E-state index contributed by atoms with van der Waals surface area (Å²) in [6.45, 7) is 2.29. The Balaban J connectivity index is 1.99. The van der Waals surface area contributed by atoms with E-state index in [4.69, 9.17) is 14.2 Å². The monoisotopic (exact) mass is 228 g/mol. The molecule has 0 aromatic heterocycles. The number of carbonyl (C=O) groups is 1. The minimum atomic E-state index is -0.767. The molecule has 6 atom stereocenters. The Morgan fingerprint density at radius 1 is 1.50 bits per heavy atom. The van der Waals surface area contributed by atoms with Crippen LogP contribution in [-0.2, 0) is 19.0 Å². The first-order valence-corrected chi connectivity index (χ1v) is 5.63. The van der Waals surface area contributed by atoms with E-state index in [-0.39, 0.29) is 23.7 Å². The fourth-order valence-electron chi connectivity index (χ4n) is 3.45. The largest absolute Gasteiger partial charge is 0.435 e. The maximum absolute atomic E-state index is 11.9. The highest BCUT2D eigenvalue weighted by Crippen LogP contribution is 2.54. The van der Waals surface area contributed by atoms with Gasteiger partial charge in [0, 0.05) is 13.0 Å². The molecule has 1 N–H and O–H groups in total. The number of aliphatic hydroxyl groups is 1. The van der Waals surface area contributed by atoms with Crippen LogP contribution in [0.25, 0.3) is 0 Å². The van der Waals surface area contributed by atoms with Gasteiger partial charge in [-0.05, 0) is 19.3 Å². The quantitative estimate of drug-likeness (QED) is 0.636. The molecule has 2 heterocycles. The SMILES string of the molecule is CO[C@H]1OC(=O)[C@H]2[C@@H]3C[C@H](O)[C@@]2(C)OC[C@H]13. The molecular formula is C11H16O5. The van der Waals surface area contributed by atoms with Crippen LogP contribution in [0.15, 0.2) is 0 Å². The van der Waals surface area contributed by atoms with Crippen molar-refractivity contribution in [2.24, 2.45) is 17.8 Å². The molecule has 0 aromatic rings. The normalized spacial score (nSPS) is 54.9. The standard InChI is InChI=1S/C11H16O5/c1-11-7(12)3-5-6(4-15-11)10(14-2)16-9(13)8(5)11/h5-8,10,12H,3-4H2,1-2H3/t5-,6+,7+,8-,10+,11-/m1/s1. The summed E-state index contributed by atoms with van der Waals surface area (Å²) < 4.78 is 16.1. The number of hydrogen-bond acceptors (Lipinski definition) is 5. The molecule has 0 aromatic carbocycles. The van der Waals surface area contributed by atoms with Gasteiger partial charge >= 0.3 is 5.97 Å². The van der Waals surface area contributed by atoms with Crippen LogP contribution in [0.2, 0.25) is 0 Å². The lowest BCUT2D eigenvalue weighted by Crippen LogP contribution is -2.58. The molecule has 5 heteroatoms. The molecule has 1 saturated carbocycles. The molecule has 5 nitrogen and oxygen atoms in total. The van der Waals surface area contributed by atoms with E-state index in [2.05, 4.69) is 0 Å². The first kappa shape index (κ1) is 10.5. The highest BCUT2D eigenvalue weighted by molar-refractivity contribution is 5.76. The van der Waals surface area contributed by atoms with Crippen molar-refractivity contribution in [3.63, 3.8) is 0 Å². The van der Waals surface area contributed by atoms with Gasteiger partial charge in [-0.25, -0.2) is 0 Å². The lowest BCUT2D eigenvalue weighted by Gasteiger charge is -2.47. The van der Waals surface area contributed by atoms with E-state index in [1.165, 1.54) is 7.11 Å². The lowest BCUT2D eigenvalue weighted by molar-refractivity contribution is -0.262. The summed E-state index contributed by atoms with van der Waals surface area (Å²) in [5.74, 6) is -0.461. The van der Waals surface area contributed by atoms with Gasteiger partial charge in [0.05, 0.1) is 18.6 Å². The Labute approximate surface area is 93.7 Å². The van der Waals surface area contributed by atoms with Crippen molar-refractivity contribution >= 4 is 5.97 Å². The van der Waals surface area contributed by atoms with Gasteiger partial charge in [-0.2, -0.15) is 0 Å². The van der Waals surface area contributed by atoms with Crippen LogP contribution in [0, 0.1) is 17.8 Å². The fourth-order valence-corrected chi connectivity index (χ4v) is 3.45. The van der Waals surface area contributed by atoms with Crippen molar-refractivity contribution in [1.29, 1.82) is 0 Å². The Hall–Kier alpha value is -0.650. The Bertz CT molecular complexity index is 330. The highest BCUT2D eigenvalue weighted by Gasteiger charge is 2.65. The average Bonchev–Trinajstić information content (AvgIpc) is 2.42. The third-order valence-electron chi connectivity index (χ3n) is 4.41. The number of aliphatic hydroxyl groups excluding tert-OH is 1. The molecule has 16 heavy (non-hydrogen) atoms. The minimum absolute atomic E-state index is 0.0536. The summed E-state index contributed by atoms with van der Waals surface area (Å²) >= 11 is 0. The van der Waals surface area contributed by atoms with E-state index in [1.54, 1.807) is 6.92 Å². The molecule has 0 amide bonds. The van der Waals surface area contributed by atoms with Gasteiger partial charge in [0.15, 0.2) is 0 Å². The smallest absolute Gasteiger partial charge is 0.314 e. The van der Waals surface area contributed by atoms with E-state index >= 15 is 0 Å². The van der Waals surface area contributed by atoms with Crippen molar-refractivity contribution in [2.45, 2.75) is 31.3 Å². The second-order valence-corrected chi connectivity index (χ2v) is 5.09. The number of hydrogen-bond donors (Lipinski definition) is 1. The van der Waals surface area contributed by atoms with Crippen LogP contribution in [0.4, 0.5) is 0 Å². The topological polar surface area (TPSA) is 65.0 Å². The summed E-state index contributed by atoms with van der Waals surface area (Å²) in [5, 5.41) is 10.0. The number of esters is 1. The second-order valence-electron chi connectivity index (χ2n) is 5.09. The molecule has 2 saturated heterocycles. The molecule has 1 aliphatic carbocycles. The summed E-state index contributed by atoms with van der Waals surface area (Å²) in [5.41, 5.74) is -0.767. The van der Waals surface area contributed by atoms with Gasteiger partial charge in [0.25, 0.3) is 0 Å². The molecule has 3 fully saturated rings. The number of rotatable bonds is 1. The molecule has 90 valence electrons. The Morgan fingerprint density at radius 2 is 2.25 bits per heavy atom. The maximum atomic E-state index is 11.9. The highest BCUT2D eigenvalue weighted by atomic mass is 16.7. The van der Waals surface area contributed by atoms with Crippen molar-refractivity contribution in [2.75, 3.05) is 13.7 Å². The van der Waals surface area contributed by atoms with E-state index in [1.807, 2.05) is 0 Å². The summed E-state index contributed by atoms with van der Waals surface area (Å²) in [4.78, 5) is 11.9. The van der Waals surface area contributed by atoms with Crippen molar-refractivity contribution in [3.05, 3.63) is 0 Å². The fraction of sp³-hybridized carbons (Fsp3) is 0.909. The zero-order chi connectivity index (χ0) is 11.5. The molecule has 3 aliphatic rings. The Morgan fingerprint density at radius 3 is 2.94 bits per heavy atom. The summed E-state index contributed by atoms with van der Waals surface area (Å²) in [6.07, 6.45) is -0.514. The third kappa shape index (κ3) is 1.08. The first-order chi connectivity index (χ1) is 7.58. The van der Waals surface area contributed by atoms with Gasteiger partial charge < -0.3 is 19.3 Å². The molecule has 4 bridgehead atoms. The molecule has 0 unspecified atom stereocenters. The van der Waals surface area contributed by atoms with E-state index < -0.39 is 18.0 Å². The lowest BCUT2D eigenvalue weighted by atomic mass is 9.75. The summed E-state index contributed by atoms with van der Waals surface area (Å²) in [7, 11) is 1.53. The van der Waals surface area contributed by atoms with E-state index in [9.17, 15) is 9.90 Å². The maximum Gasteiger partial charge on any atom is 0.314 e. The minimum Gasteiger partial charge on any atom is -0.435 e. The molecule has 2 aliphatic heterocycles. The zero-order valence-corrected chi connectivity index (χ0v) is 9.38. The molecular weight excluding hydrogens is 212 g/mol. The van der Waals surface area contributed by atoms with Gasteiger partial charge in [-0.3, -0.25) is 4.79 Å². The predicted octanol–water partition coefficient (Wildman–Crippen LogP) is -0.0822. The van der Waals surface area contributed by atoms with Crippen molar-refractivity contribution < 1.29 is 24.1 Å². The molecule has 0 radical (unpaired) electrons. The molecule has 3 rings (SSSR count). The number of ether oxygens (including phenoxy) is 3. The van der Waals surface area contributed by atoms with E-state index in [0.717, 1.165) is 0 Å². The number of carbonyl (C=O) groups excluding carboxylic acids is 1. The average molecular weight is 228 g/mol. The molecule has 0 spiro atoms. The third-order valence-corrected chi connectivity index (χ3v) is 4.41. The first-order valence-electron chi connectivity index (χ1n) is 5.63. The van der Waals surface area contributed by atoms with Crippen LogP contribution in [-0.4, -0.2) is 42.8 Å². The predicted molar refractivity (Wildman–Crippen MR) is 52.3 cm³/mol. The zero-order valence-electron chi connectivity index (χ0n) is 9.38. The van der Waals surface area contributed by atoms with Crippen LogP contribution in [0.5, 0.6) is 0 Å². The number of methoxy groups -OCH3 is 1. The Kier molecular flexibility index (Phi) is 2.09. The van der Waals surface area contributed by atoms with Crippen LogP contribution >= 0.6 is 0 Å². The van der Waals surface area contributed by atoms with Crippen LogP contribution in [0.1, 0.15) is 13.3 Å². The number of cyclic esters (lactones) is 1. The van der Waals surface area contributed by atoms with Gasteiger partial charge in [-0.1, -0.05) is 0 Å². The van der Waals surface area contributed by atoms with Crippen LogP contribution in [0.3, 0.4) is 0 Å². The van der Waals surface area contributed by atoms with Gasteiger partial charge in [0.2, 0.25) is 6.29 Å². The summed E-state index contributed by atoms with van der Waals surface area (Å²) in [6, 6.07) is 0. The van der Waals surface area contributed by atoms with E-state index in [0.29, 0.717) is 13.0 Å².